The summed E-state index contributed by atoms with van der Waals surface area (Å²) in [4.78, 5) is 14.0. The molecule has 1 aromatic rings. The molecule has 2 N–H and O–H groups in total. The lowest BCUT2D eigenvalue weighted by Crippen LogP contribution is -2.44. The molecule has 2 rings (SSSR count). The van der Waals surface area contributed by atoms with Gasteiger partial charge in [0.25, 0.3) is 0 Å². The molecule has 0 bridgehead atoms. The molecule has 1 heterocycles. The van der Waals surface area contributed by atoms with Crippen molar-refractivity contribution in [1.29, 1.82) is 0 Å². The smallest absolute Gasteiger partial charge is 0.225 e. The number of carbonyl (C=O) groups is 1. The van der Waals surface area contributed by atoms with Crippen molar-refractivity contribution in [3.63, 3.8) is 0 Å². The number of amides is 1. The van der Waals surface area contributed by atoms with Gasteiger partial charge in [-0.2, -0.15) is 0 Å². The van der Waals surface area contributed by atoms with Crippen LogP contribution in [0.1, 0.15) is 6.42 Å². The Morgan fingerprint density at radius 3 is 2.84 bits per heavy atom. The number of benzene rings is 1. The number of carbonyl (C=O) groups excluding carboxylic acids is 1. The normalized spacial score (nSPS) is 16.3. The molecular formula is C13H17ClFN3O. The highest BCUT2D eigenvalue weighted by Gasteiger charge is 2.12. The van der Waals surface area contributed by atoms with Crippen molar-refractivity contribution < 1.29 is 9.18 Å². The summed E-state index contributed by atoms with van der Waals surface area (Å²) in [7, 11) is 0. The summed E-state index contributed by atoms with van der Waals surface area (Å²) in [6.45, 7) is 4.49. The van der Waals surface area contributed by atoms with Crippen molar-refractivity contribution in [2.24, 2.45) is 0 Å². The fourth-order valence-corrected chi connectivity index (χ4v) is 2.16. The van der Waals surface area contributed by atoms with Gasteiger partial charge in [0.15, 0.2) is 0 Å². The first-order valence-electron chi connectivity index (χ1n) is 6.33. The van der Waals surface area contributed by atoms with E-state index in [2.05, 4.69) is 15.5 Å². The second-order valence-corrected chi connectivity index (χ2v) is 4.95. The summed E-state index contributed by atoms with van der Waals surface area (Å²) in [6, 6.07) is 4.21. The van der Waals surface area contributed by atoms with E-state index in [9.17, 15) is 9.18 Å². The largest absolute Gasteiger partial charge is 0.324 e. The lowest BCUT2D eigenvalue weighted by Gasteiger charge is -2.26. The Hall–Kier alpha value is -1.17. The zero-order valence-corrected chi connectivity index (χ0v) is 11.3. The molecule has 0 aliphatic carbocycles. The van der Waals surface area contributed by atoms with Crippen LogP contribution >= 0.6 is 11.6 Å². The van der Waals surface area contributed by atoms with Crippen LogP contribution in [0.4, 0.5) is 10.1 Å². The molecule has 1 aromatic carbocycles. The highest BCUT2D eigenvalue weighted by molar-refractivity contribution is 6.30. The minimum absolute atomic E-state index is 0.176. The number of nitrogens with one attached hydrogen (secondary N) is 2. The van der Waals surface area contributed by atoms with Crippen LogP contribution < -0.4 is 10.6 Å². The maximum absolute atomic E-state index is 13.5. The van der Waals surface area contributed by atoms with Crippen LogP contribution in [0.25, 0.3) is 0 Å². The molecule has 0 saturated carbocycles. The SMILES string of the molecule is O=C(CCN1CCNCC1)Nc1ccc(Cl)cc1F. The minimum Gasteiger partial charge on any atom is -0.324 e. The van der Waals surface area contributed by atoms with Gasteiger partial charge in [-0.25, -0.2) is 4.39 Å². The summed E-state index contributed by atoms with van der Waals surface area (Å²) in [5.41, 5.74) is 0.176. The Kier molecular flexibility index (Phi) is 5.13. The third-order valence-electron chi connectivity index (χ3n) is 3.07. The van der Waals surface area contributed by atoms with Crippen LogP contribution in [-0.4, -0.2) is 43.5 Å². The standard InChI is InChI=1S/C13H17ClFN3O/c14-10-1-2-12(11(15)9-10)17-13(19)3-6-18-7-4-16-5-8-18/h1-2,9,16H,3-8H2,(H,17,19). The number of rotatable bonds is 4. The van der Waals surface area contributed by atoms with Gasteiger partial charge >= 0.3 is 0 Å². The van der Waals surface area contributed by atoms with Gasteiger partial charge in [-0.1, -0.05) is 11.6 Å². The fraction of sp³-hybridized carbons (Fsp3) is 0.462. The number of nitrogens with zero attached hydrogens (tertiary/aromatic N) is 1. The highest BCUT2D eigenvalue weighted by Crippen LogP contribution is 2.18. The van der Waals surface area contributed by atoms with E-state index in [-0.39, 0.29) is 11.6 Å². The second kappa shape index (κ2) is 6.84. The van der Waals surface area contributed by atoms with Gasteiger partial charge in [0.1, 0.15) is 5.82 Å². The van der Waals surface area contributed by atoms with Gasteiger partial charge in [0.05, 0.1) is 5.69 Å². The van der Waals surface area contributed by atoms with E-state index in [1.807, 2.05) is 0 Å². The average molecular weight is 286 g/mol. The zero-order chi connectivity index (χ0) is 13.7. The van der Waals surface area contributed by atoms with Crippen LogP contribution in [0.2, 0.25) is 5.02 Å². The molecule has 1 aliphatic heterocycles. The topological polar surface area (TPSA) is 44.4 Å². The van der Waals surface area contributed by atoms with Crippen LogP contribution in [0.3, 0.4) is 0 Å². The molecule has 1 aliphatic rings. The number of anilines is 1. The quantitative estimate of drug-likeness (QED) is 0.885. The van der Waals surface area contributed by atoms with Gasteiger partial charge in [-0.05, 0) is 18.2 Å². The first-order chi connectivity index (χ1) is 9.15. The summed E-state index contributed by atoms with van der Waals surface area (Å²) in [5.74, 6) is -0.692. The predicted molar refractivity (Wildman–Crippen MR) is 74.0 cm³/mol. The van der Waals surface area contributed by atoms with Gasteiger partial charge in [-0.3, -0.25) is 4.79 Å². The molecule has 0 aromatic heterocycles. The van der Waals surface area contributed by atoms with Crippen molar-refractivity contribution in [2.75, 3.05) is 38.0 Å². The van der Waals surface area contributed by atoms with Crippen LogP contribution in [0.15, 0.2) is 18.2 Å². The Bertz CT molecular complexity index is 450. The molecule has 0 unspecified atom stereocenters. The zero-order valence-electron chi connectivity index (χ0n) is 10.6. The van der Waals surface area contributed by atoms with Crippen LogP contribution in [-0.2, 0) is 4.79 Å². The number of piperazine rings is 1. The van der Waals surface area contributed by atoms with Crippen molar-refractivity contribution in [2.45, 2.75) is 6.42 Å². The van der Waals surface area contributed by atoms with Crippen molar-refractivity contribution in [3.05, 3.63) is 29.0 Å². The van der Waals surface area contributed by atoms with Crippen LogP contribution in [0, 0.1) is 5.82 Å². The number of hydrogen-bond acceptors (Lipinski definition) is 3. The van der Waals surface area contributed by atoms with Gasteiger partial charge in [0, 0.05) is 44.2 Å². The molecule has 104 valence electrons. The Balaban J connectivity index is 1.80. The molecule has 1 amide bonds. The van der Waals surface area contributed by atoms with E-state index in [1.165, 1.54) is 12.1 Å². The summed E-state index contributed by atoms with van der Waals surface area (Å²) in [5, 5.41) is 6.13. The second-order valence-electron chi connectivity index (χ2n) is 4.51. The monoisotopic (exact) mass is 285 g/mol. The van der Waals surface area contributed by atoms with Crippen molar-refractivity contribution >= 4 is 23.2 Å². The molecule has 0 radical (unpaired) electrons. The molecule has 1 saturated heterocycles. The highest BCUT2D eigenvalue weighted by atomic mass is 35.5. The maximum Gasteiger partial charge on any atom is 0.225 e. The van der Waals surface area contributed by atoms with Gasteiger partial charge in [-0.15, -0.1) is 0 Å². The lowest BCUT2D eigenvalue weighted by molar-refractivity contribution is -0.116. The molecule has 4 nitrogen and oxygen atoms in total. The molecule has 0 atom stereocenters. The minimum atomic E-state index is -0.511. The van der Waals surface area contributed by atoms with E-state index in [1.54, 1.807) is 6.07 Å². The van der Waals surface area contributed by atoms with E-state index >= 15 is 0 Å². The van der Waals surface area contributed by atoms with Crippen molar-refractivity contribution in [1.82, 2.24) is 10.2 Å². The molecule has 1 fully saturated rings. The third-order valence-corrected chi connectivity index (χ3v) is 3.31. The van der Waals surface area contributed by atoms with E-state index in [4.69, 9.17) is 11.6 Å². The molecule has 0 spiro atoms. The summed E-state index contributed by atoms with van der Waals surface area (Å²) >= 11 is 5.65. The van der Waals surface area contributed by atoms with Gasteiger partial charge < -0.3 is 15.5 Å². The Labute approximate surface area is 116 Å². The van der Waals surface area contributed by atoms with E-state index in [0.29, 0.717) is 18.0 Å². The molecular weight excluding hydrogens is 269 g/mol. The molecule has 6 heteroatoms. The predicted octanol–water partition coefficient (Wildman–Crippen LogP) is 1.71. The lowest BCUT2D eigenvalue weighted by atomic mass is 10.2. The van der Waals surface area contributed by atoms with E-state index in [0.717, 1.165) is 26.2 Å². The Morgan fingerprint density at radius 1 is 1.42 bits per heavy atom. The Morgan fingerprint density at radius 2 is 2.16 bits per heavy atom. The third kappa shape index (κ3) is 4.45. The van der Waals surface area contributed by atoms with E-state index < -0.39 is 5.82 Å². The number of hydrogen-bond donors (Lipinski definition) is 2. The summed E-state index contributed by atoms with van der Waals surface area (Å²) < 4.78 is 13.5. The number of halogens is 2. The molecule has 19 heavy (non-hydrogen) atoms. The fourth-order valence-electron chi connectivity index (χ4n) is 2.00. The maximum atomic E-state index is 13.5. The first kappa shape index (κ1) is 14.2. The van der Waals surface area contributed by atoms with Crippen LogP contribution in [0.5, 0.6) is 0 Å². The van der Waals surface area contributed by atoms with Gasteiger partial charge in [0.2, 0.25) is 5.91 Å². The average Bonchev–Trinajstić information content (AvgIpc) is 2.41. The summed E-state index contributed by atoms with van der Waals surface area (Å²) in [6.07, 6.45) is 0.363. The van der Waals surface area contributed by atoms with Crippen molar-refractivity contribution in [3.8, 4) is 0 Å². The first-order valence-corrected chi connectivity index (χ1v) is 6.71.